The number of aromatic nitrogens is 4. The first-order valence-corrected chi connectivity index (χ1v) is 9.16. The van der Waals surface area contributed by atoms with Crippen LogP contribution in [0.25, 0.3) is 0 Å². The lowest BCUT2D eigenvalue weighted by atomic mass is 10.1. The smallest absolute Gasteiger partial charge is 0.137 e. The van der Waals surface area contributed by atoms with Gasteiger partial charge < -0.3 is 4.74 Å². The van der Waals surface area contributed by atoms with Crippen molar-refractivity contribution in [2.24, 2.45) is 5.92 Å². The van der Waals surface area contributed by atoms with Crippen LogP contribution < -0.4 is 0 Å². The maximum atomic E-state index is 5.84. The molecule has 0 bridgehead atoms. The maximum absolute atomic E-state index is 5.84. The number of rotatable bonds is 7. The Balaban J connectivity index is 1.49. The van der Waals surface area contributed by atoms with Gasteiger partial charge in [0.05, 0.1) is 30.0 Å². The van der Waals surface area contributed by atoms with Gasteiger partial charge in [-0.3, -0.25) is 9.58 Å². The largest absolute Gasteiger partial charge is 0.374 e. The van der Waals surface area contributed by atoms with E-state index < -0.39 is 0 Å². The highest BCUT2D eigenvalue weighted by molar-refractivity contribution is 7.09. The third kappa shape index (κ3) is 5.09. The van der Waals surface area contributed by atoms with Crippen molar-refractivity contribution in [3.05, 3.63) is 28.7 Å². The van der Waals surface area contributed by atoms with Crippen LogP contribution in [-0.4, -0.2) is 50.4 Å². The van der Waals surface area contributed by atoms with Crippen LogP contribution in [0.15, 0.2) is 18.0 Å². The Kier molecular flexibility index (Phi) is 5.75. The van der Waals surface area contributed by atoms with Crippen molar-refractivity contribution in [1.29, 1.82) is 0 Å². The lowest BCUT2D eigenvalue weighted by Crippen LogP contribution is -2.43. The second-order valence-corrected chi connectivity index (χ2v) is 7.45. The van der Waals surface area contributed by atoms with Gasteiger partial charge in [0.2, 0.25) is 0 Å². The topological polar surface area (TPSA) is 56.1 Å². The van der Waals surface area contributed by atoms with E-state index in [0.717, 1.165) is 45.1 Å². The molecule has 2 aromatic rings. The third-order valence-corrected chi connectivity index (χ3v) is 4.96. The van der Waals surface area contributed by atoms with E-state index in [4.69, 9.17) is 9.72 Å². The standard InChI is InChI=1S/C16H25N5OS/c1-13(2)3-4-16-19-14(10-23-16)7-20-5-6-22-15(8-20)9-21-12-17-11-18-21/h10-13,15H,3-9H2,1-2H3/t15-/m1/s1. The fourth-order valence-electron chi connectivity index (χ4n) is 2.75. The second-order valence-electron chi connectivity index (χ2n) is 6.51. The number of aryl methyl sites for hydroxylation is 1. The average molecular weight is 335 g/mol. The Morgan fingerprint density at radius 3 is 3.13 bits per heavy atom. The van der Waals surface area contributed by atoms with Crippen LogP contribution in [0.4, 0.5) is 0 Å². The van der Waals surface area contributed by atoms with Gasteiger partial charge in [0.25, 0.3) is 0 Å². The van der Waals surface area contributed by atoms with Crippen molar-refractivity contribution in [3.8, 4) is 0 Å². The molecule has 1 aliphatic heterocycles. The fourth-order valence-corrected chi connectivity index (χ4v) is 3.55. The Labute approximate surface area is 141 Å². The van der Waals surface area contributed by atoms with Gasteiger partial charge in [-0.25, -0.2) is 9.97 Å². The molecule has 126 valence electrons. The van der Waals surface area contributed by atoms with Crippen LogP contribution in [0.1, 0.15) is 31.0 Å². The Morgan fingerprint density at radius 1 is 1.43 bits per heavy atom. The molecule has 2 aromatic heterocycles. The summed E-state index contributed by atoms with van der Waals surface area (Å²) in [5.74, 6) is 0.735. The predicted molar refractivity (Wildman–Crippen MR) is 90.3 cm³/mol. The summed E-state index contributed by atoms with van der Waals surface area (Å²) in [5.41, 5.74) is 1.19. The summed E-state index contributed by atoms with van der Waals surface area (Å²) < 4.78 is 7.68. The minimum atomic E-state index is 0.171. The number of morpholine rings is 1. The van der Waals surface area contributed by atoms with Crippen molar-refractivity contribution < 1.29 is 4.74 Å². The SMILES string of the molecule is CC(C)CCc1nc(CN2CCO[C@@H](Cn3cncn3)C2)cs1. The number of hydrogen-bond acceptors (Lipinski definition) is 6. The van der Waals surface area contributed by atoms with Gasteiger partial charge in [-0.2, -0.15) is 5.10 Å². The number of thiazole rings is 1. The van der Waals surface area contributed by atoms with Gasteiger partial charge in [0, 0.05) is 25.0 Å². The lowest BCUT2D eigenvalue weighted by Gasteiger charge is -2.32. The lowest BCUT2D eigenvalue weighted by molar-refractivity contribution is -0.0405. The third-order valence-electron chi connectivity index (χ3n) is 4.00. The van der Waals surface area contributed by atoms with Crippen LogP contribution in [-0.2, 0) is 24.2 Å². The zero-order valence-corrected chi connectivity index (χ0v) is 14.7. The van der Waals surface area contributed by atoms with Gasteiger partial charge in [-0.1, -0.05) is 13.8 Å². The van der Waals surface area contributed by atoms with E-state index >= 15 is 0 Å². The van der Waals surface area contributed by atoms with Crippen molar-refractivity contribution in [2.45, 2.75) is 45.9 Å². The summed E-state index contributed by atoms with van der Waals surface area (Å²) in [6.07, 6.45) is 5.79. The van der Waals surface area contributed by atoms with E-state index in [1.165, 1.54) is 17.1 Å². The Bertz CT molecular complexity index is 583. The molecule has 23 heavy (non-hydrogen) atoms. The fraction of sp³-hybridized carbons (Fsp3) is 0.688. The number of hydrogen-bond donors (Lipinski definition) is 0. The first kappa shape index (κ1) is 16.5. The molecule has 0 saturated carbocycles. The summed E-state index contributed by atoms with van der Waals surface area (Å²) in [7, 11) is 0. The molecule has 0 aliphatic carbocycles. The number of nitrogens with zero attached hydrogens (tertiary/aromatic N) is 5. The zero-order valence-electron chi connectivity index (χ0n) is 13.9. The normalized spacial score (nSPS) is 19.5. The zero-order chi connectivity index (χ0) is 16.1. The van der Waals surface area contributed by atoms with Crippen LogP contribution >= 0.6 is 11.3 Å². The van der Waals surface area contributed by atoms with Crippen molar-refractivity contribution in [1.82, 2.24) is 24.6 Å². The first-order chi connectivity index (χ1) is 11.2. The van der Waals surface area contributed by atoms with Crippen molar-refractivity contribution >= 4 is 11.3 Å². The highest BCUT2D eigenvalue weighted by atomic mass is 32.1. The van der Waals surface area contributed by atoms with Gasteiger partial charge >= 0.3 is 0 Å². The molecule has 0 radical (unpaired) electrons. The van der Waals surface area contributed by atoms with E-state index in [1.54, 1.807) is 24.0 Å². The monoisotopic (exact) mass is 335 g/mol. The molecule has 7 heteroatoms. The average Bonchev–Trinajstić information content (AvgIpc) is 3.17. The second kappa shape index (κ2) is 7.99. The van der Waals surface area contributed by atoms with Crippen LogP contribution in [0, 0.1) is 5.92 Å². The molecule has 0 amide bonds. The van der Waals surface area contributed by atoms with Crippen LogP contribution in [0.2, 0.25) is 0 Å². The first-order valence-electron chi connectivity index (χ1n) is 8.28. The molecule has 6 nitrogen and oxygen atoms in total. The summed E-state index contributed by atoms with van der Waals surface area (Å²) >= 11 is 1.79. The van der Waals surface area contributed by atoms with Gasteiger partial charge in [-0.15, -0.1) is 11.3 Å². The van der Waals surface area contributed by atoms with E-state index in [1.807, 2.05) is 4.68 Å². The summed E-state index contributed by atoms with van der Waals surface area (Å²) in [4.78, 5) is 11.2. The van der Waals surface area contributed by atoms with Crippen molar-refractivity contribution in [2.75, 3.05) is 19.7 Å². The molecule has 0 spiro atoms. The molecular formula is C16H25N5OS. The predicted octanol–water partition coefficient (Wildman–Crippen LogP) is 2.22. The molecule has 1 atom stereocenters. The molecule has 0 unspecified atom stereocenters. The van der Waals surface area contributed by atoms with E-state index in [2.05, 4.69) is 34.2 Å². The number of ether oxygens (including phenoxy) is 1. The quantitative estimate of drug-likeness (QED) is 0.776. The van der Waals surface area contributed by atoms with E-state index in [9.17, 15) is 0 Å². The molecule has 0 aromatic carbocycles. The van der Waals surface area contributed by atoms with Crippen molar-refractivity contribution in [3.63, 3.8) is 0 Å². The highest BCUT2D eigenvalue weighted by Gasteiger charge is 2.21. The molecule has 1 fully saturated rings. The minimum absolute atomic E-state index is 0.171. The van der Waals surface area contributed by atoms with Gasteiger partial charge in [-0.05, 0) is 18.8 Å². The molecule has 3 rings (SSSR count). The van der Waals surface area contributed by atoms with Crippen LogP contribution in [0.5, 0.6) is 0 Å². The summed E-state index contributed by atoms with van der Waals surface area (Å²) in [6, 6.07) is 0. The summed E-state index contributed by atoms with van der Waals surface area (Å²) in [5, 5.41) is 7.62. The minimum Gasteiger partial charge on any atom is -0.374 e. The molecule has 1 saturated heterocycles. The molecule has 3 heterocycles. The molecule has 1 aliphatic rings. The Hall–Kier alpha value is -1.31. The maximum Gasteiger partial charge on any atom is 0.137 e. The summed E-state index contributed by atoms with van der Waals surface area (Å²) in [6.45, 7) is 8.84. The molecular weight excluding hydrogens is 310 g/mol. The van der Waals surface area contributed by atoms with E-state index in [-0.39, 0.29) is 6.10 Å². The van der Waals surface area contributed by atoms with E-state index in [0.29, 0.717) is 0 Å². The highest BCUT2D eigenvalue weighted by Crippen LogP contribution is 2.17. The Morgan fingerprint density at radius 2 is 2.35 bits per heavy atom. The van der Waals surface area contributed by atoms with Crippen LogP contribution in [0.3, 0.4) is 0 Å². The molecule has 0 N–H and O–H groups in total. The van der Waals surface area contributed by atoms with Gasteiger partial charge in [0.1, 0.15) is 12.7 Å². The van der Waals surface area contributed by atoms with Gasteiger partial charge in [0.15, 0.2) is 0 Å².